The van der Waals surface area contributed by atoms with Crippen molar-refractivity contribution in [1.29, 1.82) is 0 Å². The van der Waals surface area contributed by atoms with Crippen LogP contribution in [0.1, 0.15) is 91.0 Å². The molecule has 39 heavy (non-hydrogen) atoms. The summed E-state index contributed by atoms with van der Waals surface area (Å²) in [6.07, 6.45) is 5.64. The van der Waals surface area contributed by atoms with Gasteiger partial charge in [-0.15, -0.1) is 0 Å². The molecule has 2 aliphatic carbocycles. The van der Waals surface area contributed by atoms with Gasteiger partial charge in [-0.25, -0.2) is 0 Å². The standard InChI is InChI=1S/C32H48O7/c1-5-32(3,4)31(35)39-28-16-24(33)15-23-12-11-21(2)27(30(23)28)14-13-25-17-26(18-29(34)38-25)37-20-36-19-22-9-7-6-8-10-22/h6-10,21,23-28,30,33H,5,11-20H2,1-4H3/t21-,23-,24+,25-,26-,27-,28-,30-/m0/s1. The van der Waals surface area contributed by atoms with Crippen molar-refractivity contribution in [2.75, 3.05) is 6.79 Å². The van der Waals surface area contributed by atoms with Gasteiger partial charge < -0.3 is 24.1 Å². The average Bonchev–Trinajstić information content (AvgIpc) is 2.91. The summed E-state index contributed by atoms with van der Waals surface area (Å²) in [4.78, 5) is 25.4. The molecule has 7 heteroatoms. The van der Waals surface area contributed by atoms with Crippen LogP contribution in [0.2, 0.25) is 0 Å². The van der Waals surface area contributed by atoms with Gasteiger partial charge in [-0.3, -0.25) is 9.59 Å². The van der Waals surface area contributed by atoms with E-state index in [1.165, 1.54) is 0 Å². The molecule has 8 atom stereocenters. The van der Waals surface area contributed by atoms with E-state index in [0.717, 1.165) is 37.7 Å². The Labute approximate surface area is 233 Å². The van der Waals surface area contributed by atoms with Gasteiger partial charge in [0.2, 0.25) is 0 Å². The topological polar surface area (TPSA) is 91.3 Å². The highest BCUT2D eigenvalue weighted by atomic mass is 16.7. The predicted molar refractivity (Wildman–Crippen MR) is 147 cm³/mol. The van der Waals surface area contributed by atoms with Crippen LogP contribution in [0.15, 0.2) is 30.3 Å². The van der Waals surface area contributed by atoms with Crippen LogP contribution in [-0.2, 0) is 35.1 Å². The zero-order chi connectivity index (χ0) is 28.0. The number of benzene rings is 1. The monoisotopic (exact) mass is 544 g/mol. The van der Waals surface area contributed by atoms with Gasteiger partial charge in [-0.05, 0) is 69.3 Å². The summed E-state index contributed by atoms with van der Waals surface area (Å²) in [5, 5.41) is 10.6. The lowest BCUT2D eigenvalue weighted by atomic mass is 9.59. The van der Waals surface area contributed by atoms with Crippen molar-refractivity contribution in [3.63, 3.8) is 0 Å². The normalized spacial score (nSPS) is 33.2. The Morgan fingerprint density at radius 3 is 2.62 bits per heavy atom. The Morgan fingerprint density at radius 1 is 1.10 bits per heavy atom. The van der Waals surface area contributed by atoms with Crippen LogP contribution in [0.3, 0.4) is 0 Å². The van der Waals surface area contributed by atoms with E-state index in [0.29, 0.717) is 43.6 Å². The second-order valence-corrected chi connectivity index (χ2v) is 12.7. The number of rotatable bonds is 11. The third-order valence-corrected chi connectivity index (χ3v) is 9.50. The van der Waals surface area contributed by atoms with Gasteiger partial charge >= 0.3 is 11.9 Å². The molecule has 3 aliphatic rings. The van der Waals surface area contributed by atoms with E-state index in [1.807, 2.05) is 51.1 Å². The maximum absolute atomic E-state index is 13.0. The van der Waals surface area contributed by atoms with Gasteiger partial charge in [-0.1, -0.05) is 50.6 Å². The zero-order valence-electron chi connectivity index (χ0n) is 24.2. The maximum Gasteiger partial charge on any atom is 0.311 e. The maximum atomic E-state index is 13.0. The van der Waals surface area contributed by atoms with Gasteiger partial charge in [0.25, 0.3) is 0 Å². The summed E-state index contributed by atoms with van der Waals surface area (Å²) < 4.78 is 23.5. The minimum absolute atomic E-state index is 0.145. The molecule has 3 fully saturated rings. The summed E-state index contributed by atoms with van der Waals surface area (Å²) in [7, 11) is 0. The number of fused-ring (bicyclic) bond motifs is 1. The lowest BCUT2D eigenvalue weighted by Gasteiger charge is -2.50. The molecule has 1 aromatic carbocycles. The van der Waals surface area contributed by atoms with Crippen molar-refractivity contribution in [3.8, 4) is 0 Å². The van der Waals surface area contributed by atoms with Crippen molar-refractivity contribution in [1.82, 2.24) is 0 Å². The van der Waals surface area contributed by atoms with Crippen molar-refractivity contribution >= 4 is 11.9 Å². The van der Waals surface area contributed by atoms with Crippen molar-refractivity contribution in [2.45, 2.75) is 117 Å². The first-order valence-corrected chi connectivity index (χ1v) is 15.0. The lowest BCUT2D eigenvalue weighted by molar-refractivity contribution is -0.179. The molecule has 1 heterocycles. The third-order valence-electron chi connectivity index (χ3n) is 9.50. The van der Waals surface area contributed by atoms with E-state index in [-0.39, 0.29) is 49.4 Å². The molecule has 7 nitrogen and oxygen atoms in total. The smallest absolute Gasteiger partial charge is 0.311 e. The van der Waals surface area contributed by atoms with Crippen LogP contribution in [0.25, 0.3) is 0 Å². The first kappa shape index (κ1) is 30.0. The van der Waals surface area contributed by atoms with Gasteiger partial charge in [0.15, 0.2) is 0 Å². The SMILES string of the molecule is CCC(C)(C)C(=O)O[C@H]1C[C@H](O)C[C@@H]2CC[C@H](C)[C@H](CC[C@H]3C[C@H](OCOCc4ccccc4)CC(=O)O3)[C@H]21. The fraction of sp³-hybridized carbons (Fsp3) is 0.750. The first-order chi connectivity index (χ1) is 18.7. The van der Waals surface area contributed by atoms with Crippen LogP contribution in [-0.4, -0.2) is 48.3 Å². The summed E-state index contributed by atoms with van der Waals surface area (Å²) >= 11 is 0. The third kappa shape index (κ3) is 8.05. The van der Waals surface area contributed by atoms with Crippen molar-refractivity contribution in [3.05, 3.63) is 35.9 Å². The number of ether oxygens (including phenoxy) is 4. The number of hydrogen-bond acceptors (Lipinski definition) is 7. The quantitative estimate of drug-likeness (QED) is 0.213. The largest absolute Gasteiger partial charge is 0.462 e. The Balaban J connectivity index is 1.33. The Bertz CT molecular complexity index is 932. The average molecular weight is 545 g/mol. The zero-order valence-corrected chi connectivity index (χ0v) is 24.2. The number of esters is 2. The van der Waals surface area contributed by atoms with Crippen LogP contribution in [0.5, 0.6) is 0 Å². The van der Waals surface area contributed by atoms with Crippen LogP contribution in [0, 0.1) is 29.1 Å². The van der Waals surface area contributed by atoms with Gasteiger partial charge in [0.1, 0.15) is 19.0 Å². The molecule has 218 valence electrons. The molecule has 1 aliphatic heterocycles. The number of carbonyl (C=O) groups excluding carboxylic acids is 2. The van der Waals surface area contributed by atoms with E-state index in [1.54, 1.807) is 0 Å². The Kier molecular flexibility index (Phi) is 10.5. The molecule has 0 amide bonds. The van der Waals surface area contributed by atoms with Crippen LogP contribution in [0.4, 0.5) is 0 Å². The minimum Gasteiger partial charge on any atom is -0.462 e. The minimum atomic E-state index is -0.538. The van der Waals surface area contributed by atoms with E-state index in [2.05, 4.69) is 6.92 Å². The van der Waals surface area contributed by atoms with Gasteiger partial charge in [0, 0.05) is 18.8 Å². The van der Waals surface area contributed by atoms with Crippen LogP contribution < -0.4 is 0 Å². The highest BCUT2D eigenvalue weighted by molar-refractivity contribution is 5.76. The molecule has 0 bridgehead atoms. The molecule has 0 unspecified atom stereocenters. The Hall–Kier alpha value is -1.96. The van der Waals surface area contributed by atoms with Gasteiger partial charge in [-0.2, -0.15) is 0 Å². The first-order valence-electron chi connectivity index (χ1n) is 15.0. The van der Waals surface area contributed by atoms with Gasteiger partial charge in [0.05, 0.1) is 30.7 Å². The van der Waals surface area contributed by atoms with Crippen LogP contribution >= 0.6 is 0 Å². The van der Waals surface area contributed by atoms with E-state index < -0.39 is 11.5 Å². The molecule has 1 N–H and O–H groups in total. The highest BCUT2D eigenvalue weighted by Gasteiger charge is 2.48. The van der Waals surface area contributed by atoms with Crippen molar-refractivity contribution in [2.24, 2.45) is 29.1 Å². The van der Waals surface area contributed by atoms with E-state index in [4.69, 9.17) is 18.9 Å². The predicted octanol–water partition coefficient (Wildman–Crippen LogP) is 5.81. The highest BCUT2D eigenvalue weighted by Crippen LogP contribution is 2.49. The molecular formula is C32H48O7. The summed E-state index contributed by atoms with van der Waals surface area (Å²) in [5.41, 5.74) is 0.545. The number of aliphatic hydroxyl groups excluding tert-OH is 1. The molecule has 1 aromatic rings. The second kappa shape index (κ2) is 13.6. The fourth-order valence-electron chi connectivity index (χ4n) is 6.79. The van der Waals surface area contributed by atoms with E-state index >= 15 is 0 Å². The molecule has 4 rings (SSSR count). The Morgan fingerprint density at radius 2 is 1.87 bits per heavy atom. The molecule has 0 spiro atoms. The number of carbonyl (C=O) groups is 2. The lowest BCUT2D eigenvalue weighted by Crippen LogP contribution is -2.50. The number of aliphatic hydroxyl groups is 1. The summed E-state index contributed by atoms with van der Waals surface area (Å²) in [5.74, 6) is 1.03. The summed E-state index contributed by atoms with van der Waals surface area (Å²) in [6.45, 7) is 8.77. The van der Waals surface area contributed by atoms with Crippen molar-refractivity contribution < 1.29 is 33.6 Å². The molecule has 1 saturated heterocycles. The molecule has 2 saturated carbocycles. The van der Waals surface area contributed by atoms with E-state index in [9.17, 15) is 14.7 Å². The molecule has 0 radical (unpaired) electrons. The number of hydrogen-bond donors (Lipinski definition) is 1. The molecule has 0 aromatic heterocycles. The number of cyclic esters (lactones) is 1. The second-order valence-electron chi connectivity index (χ2n) is 12.7. The fourth-order valence-corrected chi connectivity index (χ4v) is 6.79. The summed E-state index contributed by atoms with van der Waals surface area (Å²) in [6, 6.07) is 9.94. The molecular weight excluding hydrogens is 496 g/mol.